The Hall–Kier alpha value is -3.09. The molecule has 3 aromatic rings. The number of benzene rings is 1. The Kier molecular flexibility index (Phi) is 5.96. The van der Waals surface area contributed by atoms with Gasteiger partial charge in [0, 0.05) is 32.0 Å². The van der Waals surface area contributed by atoms with Crippen molar-refractivity contribution in [3.05, 3.63) is 53.7 Å². The van der Waals surface area contributed by atoms with Gasteiger partial charge in [0.1, 0.15) is 23.4 Å². The van der Waals surface area contributed by atoms with Crippen molar-refractivity contribution in [2.24, 2.45) is 0 Å². The van der Waals surface area contributed by atoms with E-state index >= 15 is 0 Å². The number of amides is 2. The quantitative estimate of drug-likeness (QED) is 0.565. The Balaban J connectivity index is 1.35. The first-order valence-corrected chi connectivity index (χ1v) is 12.1. The van der Waals surface area contributed by atoms with Crippen LogP contribution in [0.5, 0.6) is 0 Å². The molecule has 2 aromatic heterocycles. The van der Waals surface area contributed by atoms with E-state index < -0.39 is 6.04 Å². The molecule has 0 N–H and O–H groups in total. The van der Waals surface area contributed by atoms with Gasteiger partial charge >= 0.3 is 0 Å². The number of fused-ring (bicyclic) bond motifs is 1. The lowest BCUT2D eigenvalue weighted by Gasteiger charge is -2.36. The van der Waals surface area contributed by atoms with Gasteiger partial charge in [-0.25, -0.2) is 4.98 Å². The number of likely N-dealkylation sites (tertiary alicyclic amines) is 2. The summed E-state index contributed by atoms with van der Waals surface area (Å²) < 4.78 is 8.01. The third kappa shape index (κ3) is 4.16. The van der Waals surface area contributed by atoms with Gasteiger partial charge in [-0.1, -0.05) is 19.1 Å². The van der Waals surface area contributed by atoms with E-state index in [0.717, 1.165) is 55.2 Å². The van der Waals surface area contributed by atoms with Gasteiger partial charge in [0.25, 0.3) is 0 Å². The molecule has 0 saturated carbocycles. The van der Waals surface area contributed by atoms with E-state index in [4.69, 9.17) is 9.40 Å². The molecule has 5 rings (SSSR count). The van der Waals surface area contributed by atoms with E-state index in [1.165, 1.54) is 5.52 Å². The normalized spacial score (nSPS) is 21.3. The first-order valence-electron chi connectivity index (χ1n) is 12.1. The van der Waals surface area contributed by atoms with E-state index in [9.17, 15) is 9.59 Å². The molecule has 7 nitrogen and oxygen atoms in total. The Bertz CT molecular complexity index is 1160. The number of furan rings is 1. The maximum atomic E-state index is 13.6. The van der Waals surface area contributed by atoms with E-state index in [1.54, 1.807) is 4.90 Å². The second-order valence-electron chi connectivity index (χ2n) is 9.32. The predicted octanol–water partition coefficient (Wildman–Crippen LogP) is 4.24. The summed E-state index contributed by atoms with van der Waals surface area (Å²) >= 11 is 0. The lowest BCUT2D eigenvalue weighted by atomic mass is 9.96. The summed E-state index contributed by atoms with van der Waals surface area (Å²) in [5, 5.41) is 0. The predicted molar refractivity (Wildman–Crippen MR) is 126 cm³/mol. The number of rotatable bonds is 6. The number of piperidine rings is 1. The molecule has 2 aliphatic rings. The van der Waals surface area contributed by atoms with Gasteiger partial charge in [0.15, 0.2) is 0 Å². The van der Waals surface area contributed by atoms with Crippen LogP contribution in [0.25, 0.3) is 11.0 Å². The minimum Gasteiger partial charge on any atom is -0.464 e. The lowest BCUT2D eigenvalue weighted by Crippen LogP contribution is -2.49. The molecule has 7 heteroatoms. The fourth-order valence-corrected chi connectivity index (χ4v) is 5.39. The van der Waals surface area contributed by atoms with Crippen molar-refractivity contribution in [3.8, 4) is 0 Å². The van der Waals surface area contributed by atoms with Crippen molar-refractivity contribution in [3.63, 3.8) is 0 Å². The Morgan fingerprint density at radius 3 is 2.82 bits per heavy atom. The summed E-state index contributed by atoms with van der Waals surface area (Å²) in [6.07, 6.45) is 4.00. The Morgan fingerprint density at radius 2 is 2.03 bits per heavy atom. The highest BCUT2D eigenvalue weighted by atomic mass is 16.3. The first-order chi connectivity index (χ1) is 16.0. The molecular weight excluding hydrogens is 416 g/mol. The van der Waals surface area contributed by atoms with Gasteiger partial charge in [-0.15, -0.1) is 0 Å². The van der Waals surface area contributed by atoms with Gasteiger partial charge in [-0.3, -0.25) is 9.59 Å². The molecule has 2 amide bonds. The summed E-state index contributed by atoms with van der Waals surface area (Å²) in [4.78, 5) is 34.8. The summed E-state index contributed by atoms with van der Waals surface area (Å²) in [7, 11) is 0. The van der Waals surface area contributed by atoms with Crippen molar-refractivity contribution < 1.29 is 14.0 Å². The van der Waals surface area contributed by atoms with Gasteiger partial charge in [0.05, 0.1) is 17.6 Å². The maximum absolute atomic E-state index is 13.6. The number of para-hydroxylation sites is 2. The number of carbonyl (C=O) groups is 2. The summed E-state index contributed by atoms with van der Waals surface area (Å²) in [5.41, 5.74) is 2.19. The van der Waals surface area contributed by atoms with Crippen molar-refractivity contribution in [1.29, 1.82) is 0 Å². The van der Waals surface area contributed by atoms with Crippen LogP contribution in [-0.2, 0) is 22.7 Å². The second-order valence-corrected chi connectivity index (χ2v) is 9.32. The molecule has 4 heterocycles. The first kappa shape index (κ1) is 21.7. The molecule has 1 aromatic carbocycles. The number of hydrogen-bond donors (Lipinski definition) is 0. The van der Waals surface area contributed by atoms with Crippen molar-refractivity contribution >= 4 is 22.8 Å². The van der Waals surface area contributed by atoms with Gasteiger partial charge < -0.3 is 18.8 Å². The molecule has 2 unspecified atom stereocenters. The van der Waals surface area contributed by atoms with Gasteiger partial charge in [-0.05, 0) is 56.9 Å². The molecular formula is C26H32N4O3. The van der Waals surface area contributed by atoms with Crippen molar-refractivity contribution in [2.45, 2.75) is 71.0 Å². The maximum Gasteiger partial charge on any atom is 0.245 e. The standard InChI is InChI=1S/C26H32N4O3/c1-3-14-29-22-9-5-4-8-21(22)27-25(29)19-7-6-15-28(16-19)26(32)23-12-13-24(31)30(23)17-20-11-10-18(2)33-20/h4-5,8-11,19,23H,3,6-7,12-17H2,1-2H3. The highest BCUT2D eigenvalue weighted by Gasteiger charge is 2.40. The van der Waals surface area contributed by atoms with Crippen LogP contribution in [0.15, 0.2) is 40.8 Å². The number of carbonyl (C=O) groups excluding carboxylic acids is 2. The smallest absolute Gasteiger partial charge is 0.245 e. The zero-order chi connectivity index (χ0) is 22.9. The van der Waals surface area contributed by atoms with Crippen LogP contribution in [0.3, 0.4) is 0 Å². The molecule has 0 spiro atoms. The molecule has 0 radical (unpaired) electrons. The molecule has 2 atom stereocenters. The molecule has 33 heavy (non-hydrogen) atoms. The largest absolute Gasteiger partial charge is 0.464 e. The van der Waals surface area contributed by atoms with E-state index in [2.05, 4.69) is 29.7 Å². The topological polar surface area (TPSA) is 71.6 Å². The third-order valence-electron chi connectivity index (χ3n) is 6.96. The zero-order valence-corrected chi connectivity index (χ0v) is 19.5. The molecule has 0 bridgehead atoms. The van der Waals surface area contributed by atoms with Crippen LogP contribution in [0.1, 0.15) is 62.3 Å². The van der Waals surface area contributed by atoms with Crippen LogP contribution in [0.4, 0.5) is 0 Å². The van der Waals surface area contributed by atoms with Crippen LogP contribution in [0, 0.1) is 6.92 Å². The summed E-state index contributed by atoms with van der Waals surface area (Å²) in [6.45, 7) is 6.74. The van der Waals surface area contributed by atoms with E-state index in [0.29, 0.717) is 25.9 Å². The third-order valence-corrected chi connectivity index (χ3v) is 6.96. The van der Waals surface area contributed by atoms with Crippen LogP contribution in [0.2, 0.25) is 0 Å². The monoisotopic (exact) mass is 448 g/mol. The average Bonchev–Trinajstić information content (AvgIpc) is 3.52. The van der Waals surface area contributed by atoms with Crippen LogP contribution in [-0.4, -0.2) is 50.3 Å². The Morgan fingerprint density at radius 1 is 1.18 bits per heavy atom. The van der Waals surface area contributed by atoms with E-state index in [1.807, 2.05) is 30.0 Å². The number of imidazole rings is 1. The molecule has 2 saturated heterocycles. The zero-order valence-electron chi connectivity index (χ0n) is 19.5. The molecule has 0 aliphatic carbocycles. The van der Waals surface area contributed by atoms with Crippen molar-refractivity contribution in [1.82, 2.24) is 19.4 Å². The number of aromatic nitrogens is 2. The van der Waals surface area contributed by atoms with Crippen molar-refractivity contribution in [2.75, 3.05) is 13.1 Å². The number of nitrogens with zero attached hydrogens (tertiary/aromatic N) is 4. The lowest BCUT2D eigenvalue weighted by molar-refractivity contribution is -0.142. The van der Waals surface area contributed by atoms with Gasteiger partial charge in [-0.2, -0.15) is 0 Å². The number of hydrogen-bond acceptors (Lipinski definition) is 4. The fourth-order valence-electron chi connectivity index (χ4n) is 5.39. The average molecular weight is 449 g/mol. The molecule has 2 fully saturated rings. The minimum atomic E-state index is -0.406. The highest BCUT2D eigenvalue weighted by Crippen LogP contribution is 2.31. The summed E-state index contributed by atoms with van der Waals surface area (Å²) in [5.74, 6) is 2.92. The molecule has 174 valence electrons. The second kappa shape index (κ2) is 9.04. The van der Waals surface area contributed by atoms with Crippen LogP contribution < -0.4 is 0 Å². The highest BCUT2D eigenvalue weighted by molar-refractivity contribution is 5.91. The number of aryl methyl sites for hydroxylation is 2. The van der Waals surface area contributed by atoms with E-state index in [-0.39, 0.29) is 17.7 Å². The Labute approximate surface area is 194 Å². The molecule has 2 aliphatic heterocycles. The summed E-state index contributed by atoms with van der Waals surface area (Å²) in [6, 6.07) is 11.7. The SMILES string of the molecule is CCCn1c(C2CCCN(C(=O)C3CCC(=O)N3Cc3ccc(C)o3)C2)nc2ccccc21. The fraction of sp³-hybridized carbons (Fsp3) is 0.500. The minimum absolute atomic E-state index is 0.0284. The van der Waals surface area contributed by atoms with Crippen LogP contribution >= 0.6 is 0 Å². The van der Waals surface area contributed by atoms with Gasteiger partial charge in [0.2, 0.25) is 11.8 Å².